The summed E-state index contributed by atoms with van der Waals surface area (Å²) in [4.78, 5) is 0. The van der Waals surface area contributed by atoms with Gasteiger partial charge >= 0.3 is 0 Å². The monoisotopic (exact) mass is 166 g/mol. The third kappa shape index (κ3) is 2.88. The van der Waals surface area contributed by atoms with Crippen LogP contribution in [0.5, 0.6) is 0 Å². The molecule has 0 spiro atoms. The first kappa shape index (κ1) is 9.00. The van der Waals surface area contributed by atoms with E-state index in [1.807, 2.05) is 12.1 Å². The minimum atomic E-state index is 0.476. The van der Waals surface area contributed by atoms with Crippen molar-refractivity contribution in [2.75, 3.05) is 0 Å². The lowest BCUT2D eigenvalue weighted by atomic mass is 10.2. The molecular weight excluding hydrogens is 152 g/mol. The molecule has 0 amide bonds. The van der Waals surface area contributed by atoms with Gasteiger partial charge in [-0.05, 0) is 5.56 Å². The molecule has 66 valence electrons. The molecule has 0 bridgehead atoms. The highest BCUT2D eigenvalue weighted by Gasteiger charge is 1.95. The fourth-order valence-corrected chi connectivity index (χ4v) is 0.883. The molecule has 0 saturated carbocycles. The summed E-state index contributed by atoms with van der Waals surface area (Å²) in [7, 11) is 0. The van der Waals surface area contributed by atoms with Crippen molar-refractivity contribution in [2.24, 2.45) is 0 Å². The van der Waals surface area contributed by atoms with Crippen molar-refractivity contribution in [3.63, 3.8) is 0 Å². The van der Waals surface area contributed by atoms with Gasteiger partial charge in [0.1, 0.15) is 0 Å². The summed E-state index contributed by atoms with van der Waals surface area (Å²) in [6, 6.07) is 4.12. The average Bonchev–Trinajstić information content (AvgIpc) is 2.03. The van der Waals surface area contributed by atoms with Crippen LogP contribution in [0.1, 0.15) is 19.4 Å². The molecule has 3 nitrogen and oxygen atoms in total. The van der Waals surface area contributed by atoms with Crippen molar-refractivity contribution >= 4 is 0 Å². The molecule has 1 heterocycles. The Balaban J connectivity index is 2.48. The van der Waals surface area contributed by atoms with Crippen LogP contribution in [0.2, 0.25) is 0 Å². The van der Waals surface area contributed by atoms with E-state index >= 15 is 0 Å². The number of nitrogens with one attached hydrogen (secondary N) is 1. The second-order valence-corrected chi connectivity index (χ2v) is 3.10. The van der Waals surface area contributed by atoms with Gasteiger partial charge < -0.3 is 10.5 Å². The van der Waals surface area contributed by atoms with Crippen LogP contribution in [-0.2, 0) is 6.54 Å². The number of aromatic nitrogens is 1. The van der Waals surface area contributed by atoms with Crippen molar-refractivity contribution in [3.8, 4) is 0 Å². The summed E-state index contributed by atoms with van der Waals surface area (Å²) < 4.78 is 0.791. The van der Waals surface area contributed by atoms with Crippen molar-refractivity contribution in [1.29, 1.82) is 0 Å². The van der Waals surface area contributed by atoms with Gasteiger partial charge in [0.15, 0.2) is 12.4 Å². The maximum absolute atomic E-state index is 10.7. The molecule has 0 aliphatic heterocycles. The third-order valence-electron chi connectivity index (χ3n) is 1.59. The number of hydrogen-bond acceptors (Lipinski definition) is 2. The highest BCUT2D eigenvalue weighted by atomic mass is 16.5. The maximum Gasteiger partial charge on any atom is 0.180 e. The molecule has 0 aliphatic rings. The van der Waals surface area contributed by atoms with Crippen molar-refractivity contribution < 1.29 is 4.73 Å². The number of rotatable bonds is 3. The molecule has 12 heavy (non-hydrogen) atoms. The Kier molecular flexibility index (Phi) is 3.05. The molecule has 1 N–H and O–H groups in total. The minimum Gasteiger partial charge on any atom is -0.619 e. The Morgan fingerprint density at radius 2 is 2.00 bits per heavy atom. The van der Waals surface area contributed by atoms with Crippen LogP contribution < -0.4 is 10.0 Å². The summed E-state index contributed by atoms with van der Waals surface area (Å²) in [5, 5.41) is 13.9. The van der Waals surface area contributed by atoms with Crippen LogP contribution in [0, 0.1) is 5.21 Å². The molecule has 3 heteroatoms. The predicted molar refractivity (Wildman–Crippen MR) is 47.4 cm³/mol. The van der Waals surface area contributed by atoms with E-state index in [2.05, 4.69) is 19.2 Å². The van der Waals surface area contributed by atoms with Gasteiger partial charge in [-0.1, -0.05) is 13.8 Å². The van der Waals surface area contributed by atoms with Gasteiger partial charge in [-0.25, -0.2) is 0 Å². The molecule has 0 unspecified atom stereocenters. The van der Waals surface area contributed by atoms with Gasteiger partial charge in [0.05, 0.1) is 0 Å². The predicted octanol–water partition coefficient (Wildman–Crippen LogP) is 0.818. The Morgan fingerprint density at radius 3 is 2.50 bits per heavy atom. The smallest absolute Gasteiger partial charge is 0.180 e. The molecule has 1 rings (SSSR count). The third-order valence-corrected chi connectivity index (χ3v) is 1.59. The zero-order valence-electron chi connectivity index (χ0n) is 7.45. The second-order valence-electron chi connectivity index (χ2n) is 3.10. The molecule has 0 atom stereocenters. The first-order chi connectivity index (χ1) is 5.68. The van der Waals surface area contributed by atoms with Crippen LogP contribution in [0.4, 0.5) is 0 Å². The summed E-state index contributed by atoms with van der Waals surface area (Å²) >= 11 is 0. The van der Waals surface area contributed by atoms with E-state index < -0.39 is 0 Å². The Morgan fingerprint density at radius 1 is 1.42 bits per heavy atom. The Labute approximate surface area is 72.6 Å². The molecule has 0 radical (unpaired) electrons. The topological polar surface area (TPSA) is 39.0 Å². The molecule has 1 aromatic rings. The van der Waals surface area contributed by atoms with Crippen molar-refractivity contribution in [2.45, 2.75) is 26.4 Å². The molecular formula is C9H14N2O. The first-order valence-electron chi connectivity index (χ1n) is 4.09. The van der Waals surface area contributed by atoms with Crippen LogP contribution in [0.15, 0.2) is 24.5 Å². The van der Waals surface area contributed by atoms with Gasteiger partial charge in [0.2, 0.25) is 0 Å². The summed E-state index contributed by atoms with van der Waals surface area (Å²) in [5.41, 5.74) is 1.14. The molecule has 1 aromatic heterocycles. The van der Waals surface area contributed by atoms with Gasteiger partial charge in [0.25, 0.3) is 0 Å². The molecule has 0 fully saturated rings. The fraction of sp³-hybridized carbons (Fsp3) is 0.444. The SMILES string of the molecule is CC(C)NCc1cc[n+]([O-])cc1. The van der Waals surface area contributed by atoms with Crippen LogP contribution >= 0.6 is 0 Å². The zero-order chi connectivity index (χ0) is 8.97. The number of pyridine rings is 1. The summed E-state index contributed by atoms with van der Waals surface area (Å²) in [6.07, 6.45) is 3.02. The summed E-state index contributed by atoms with van der Waals surface area (Å²) in [5.74, 6) is 0. The van der Waals surface area contributed by atoms with Crippen LogP contribution in [0.3, 0.4) is 0 Å². The minimum absolute atomic E-state index is 0.476. The van der Waals surface area contributed by atoms with E-state index in [0.717, 1.165) is 16.8 Å². The van der Waals surface area contributed by atoms with E-state index in [1.54, 1.807) is 0 Å². The second kappa shape index (κ2) is 4.07. The summed E-state index contributed by atoms with van der Waals surface area (Å²) in [6.45, 7) is 5.01. The Bertz CT molecular complexity index is 231. The van der Waals surface area contributed by atoms with E-state index in [0.29, 0.717) is 6.04 Å². The molecule has 0 aliphatic carbocycles. The maximum atomic E-state index is 10.7. The normalized spacial score (nSPS) is 10.6. The van der Waals surface area contributed by atoms with Gasteiger partial charge in [-0.15, -0.1) is 0 Å². The largest absolute Gasteiger partial charge is 0.619 e. The highest BCUT2D eigenvalue weighted by Crippen LogP contribution is 1.94. The van der Waals surface area contributed by atoms with Crippen LogP contribution in [0.25, 0.3) is 0 Å². The van der Waals surface area contributed by atoms with Crippen molar-refractivity contribution in [1.82, 2.24) is 5.32 Å². The lowest BCUT2D eigenvalue weighted by molar-refractivity contribution is -0.605. The molecule has 0 saturated heterocycles. The van der Waals surface area contributed by atoms with Gasteiger partial charge in [0, 0.05) is 24.7 Å². The molecule has 0 aromatic carbocycles. The van der Waals surface area contributed by atoms with E-state index in [9.17, 15) is 5.21 Å². The van der Waals surface area contributed by atoms with Gasteiger partial charge in [-0.3, -0.25) is 0 Å². The fourth-order valence-electron chi connectivity index (χ4n) is 0.883. The highest BCUT2D eigenvalue weighted by molar-refractivity contribution is 5.06. The number of nitrogens with zero attached hydrogens (tertiary/aromatic N) is 1. The van der Waals surface area contributed by atoms with E-state index in [-0.39, 0.29) is 0 Å². The van der Waals surface area contributed by atoms with Crippen LogP contribution in [-0.4, -0.2) is 6.04 Å². The zero-order valence-corrected chi connectivity index (χ0v) is 7.45. The lowest BCUT2D eigenvalue weighted by Gasteiger charge is -2.06. The van der Waals surface area contributed by atoms with Gasteiger partial charge in [-0.2, -0.15) is 4.73 Å². The van der Waals surface area contributed by atoms with E-state index in [4.69, 9.17) is 0 Å². The van der Waals surface area contributed by atoms with Crippen molar-refractivity contribution in [3.05, 3.63) is 35.3 Å². The van der Waals surface area contributed by atoms with E-state index in [1.165, 1.54) is 12.4 Å². The first-order valence-corrected chi connectivity index (χ1v) is 4.09. The average molecular weight is 166 g/mol. The quantitative estimate of drug-likeness (QED) is 0.533. The Hall–Kier alpha value is -1.09. The lowest BCUT2D eigenvalue weighted by Crippen LogP contribution is -2.26. The number of hydrogen-bond donors (Lipinski definition) is 1. The standard InChI is InChI=1S/C9H14N2O/c1-8(2)10-7-9-3-5-11(12)6-4-9/h3-6,8,10H,7H2,1-2H3.